The number of fused-ring (bicyclic) bond motifs is 1. The van der Waals surface area contributed by atoms with E-state index < -0.39 is 23.9 Å². The third-order valence-electron chi connectivity index (χ3n) is 4.07. The molecule has 3 heterocycles. The molecule has 2 N–H and O–H groups in total. The fourth-order valence-electron chi connectivity index (χ4n) is 2.78. The predicted molar refractivity (Wildman–Crippen MR) is 86.8 cm³/mol. The van der Waals surface area contributed by atoms with E-state index in [0.717, 1.165) is 32.1 Å². The van der Waals surface area contributed by atoms with Crippen molar-refractivity contribution in [3.05, 3.63) is 23.2 Å². The summed E-state index contributed by atoms with van der Waals surface area (Å²) in [4.78, 5) is 16.6. The molecule has 2 aromatic rings. The third-order valence-corrected chi connectivity index (χ3v) is 4.36. The van der Waals surface area contributed by atoms with Crippen molar-refractivity contribution >= 4 is 28.6 Å². The van der Waals surface area contributed by atoms with Gasteiger partial charge in [0, 0.05) is 12.7 Å². The van der Waals surface area contributed by atoms with Gasteiger partial charge in [0.15, 0.2) is 0 Å². The molecule has 6 nitrogen and oxygen atoms in total. The lowest BCUT2D eigenvalue weighted by Crippen LogP contribution is -2.29. The molecule has 28 heavy (non-hydrogen) atoms. The first-order valence-corrected chi connectivity index (χ1v) is 8.36. The summed E-state index contributed by atoms with van der Waals surface area (Å²) in [5.41, 5.74) is -0.516. The van der Waals surface area contributed by atoms with E-state index in [2.05, 4.69) is 15.3 Å². The summed E-state index contributed by atoms with van der Waals surface area (Å²) < 4.78 is 72.7. The Morgan fingerprint density at radius 1 is 1.21 bits per heavy atom. The van der Waals surface area contributed by atoms with Gasteiger partial charge in [-0.2, -0.15) is 26.3 Å². The van der Waals surface area contributed by atoms with Gasteiger partial charge in [0.25, 0.3) is 0 Å². The van der Waals surface area contributed by atoms with Crippen molar-refractivity contribution in [2.45, 2.75) is 31.7 Å². The number of piperidine rings is 1. The summed E-state index contributed by atoms with van der Waals surface area (Å²) in [6.07, 6.45) is -5.36. The number of hydrogen-bond donors (Lipinski definition) is 2. The number of nitrogens with one attached hydrogen (secondary N) is 1. The minimum absolute atomic E-state index is 0.111. The SMILES string of the molecule is FC(F)(F)c1cn(CC2CCNCC2)c2ncnc(Cl)c12.O=C(O)C(F)(F)F. The van der Waals surface area contributed by atoms with Gasteiger partial charge in [-0.1, -0.05) is 11.6 Å². The van der Waals surface area contributed by atoms with Gasteiger partial charge in [-0.15, -0.1) is 0 Å². The Morgan fingerprint density at radius 2 is 1.79 bits per heavy atom. The molecule has 13 heteroatoms. The summed E-state index contributed by atoms with van der Waals surface area (Å²) in [5.74, 6) is -2.41. The van der Waals surface area contributed by atoms with E-state index in [9.17, 15) is 26.3 Å². The van der Waals surface area contributed by atoms with Gasteiger partial charge in [0.05, 0.1) is 10.9 Å². The van der Waals surface area contributed by atoms with E-state index >= 15 is 0 Å². The number of aromatic nitrogens is 3. The molecular weight excluding hydrogens is 418 g/mol. The van der Waals surface area contributed by atoms with E-state index in [0.29, 0.717) is 12.5 Å². The highest BCUT2D eigenvalue weighted by atomic mass is 35.5. The zero-order valence-electron chi connectivity index (χ0n) is 14.1. The van der Waals surface area contributed by atoms with Crippen molar-refractivity contribution in [1.82, 2.24) is 19.9 Å². The number of carbonyl (C=O) groups is 1. The van der Waals surface area contributed by atoms with E-state index in [-0.39, 0.29) is 16.2 Å². The van der Waals surface area contributed by atoms with E-state index in [1.807, 2.05) is 0 Å². The van der Waals surface area contributed by atoms with E-state index in [1.165, 1.54) is 6.33 Å². The van der Waals surface area contributed by atoms with Crippen LogP contribution in [0.5, 0.6) is 0 Å². The molecule has 0 aliphatic carbocycles. The Labute approximate surface area is 159 Å². The number of hydrogen-bond acceptors (Lipinski definition) is 4. The highest BCUT2D eigenvalue weighted by Gasteiger charge is 2.38. The van der Waals surface area contributed by atoms with Gasteiger partial charge in [0.2, 0.25) is 0 Å². The van der Waals surface area contributed by atoms with Crippen LogP contribution < -0.4 is 5.32 Å². The zero-order chi connectivity index (χ0) is 21.1. The molecule has 1 fully saturated rings. The topological polar surface area (TPSA) is 80.0 Å². The van der Waals surface area contributed by atoms with Crippen LogP contribution in [0.25, 0.3) is 11.0 Å². The monoisotopic (exact) mass is 432 g/mol. The van der Waals surface area contributed by atoms with Gasteiger partial charge < -0.3 is 15.0 Å². The van der Waals surface area contributed by atoms with Gasteiger partial charge in [0.1, 0.15) is 17.1 Å². The summed E-state index contributed by atoms with van der Waals surface area (Å²) in [5, 5.41) is 10.1. The molecule has 0 radical (unpaired) electrons. The van der Waals surface area contributed by atoms with Crippen LogP contribution in [0.1, 0.15) is 18.4 Å². The van der Waals surface area contributed by atoms with E-state index in [1.54, 1.807) is 4.57 Å². The predicted octanol–water partition coefficient (Wildman–Crippen LogP) is 3.74. The smallest absolute Gasteiger partial charge is 0.475 e. The first-order chi connectivity index (χ1) is 12.9. The summed E-state index contributed by atoms with van der Waals surface area (Å²) in [7, 11) is 0. The largest absolute Gasteiger partial charge is 0.490 e. The fraction of sp³-hybridized carbons (Fsp3) is 0.533. The molecule has 0 spiro atoms. The highest BCUT2D eigenvalue weighted by Crippen LogP contribution is 2.38. The van der Waals surface area contributed by atoms with Crippen molar-refractivity contribution < 1.29 is 36.2 Å². The third kappa shape index (κ3) is 5.47. The standard InChI is InChI=1S/C13H14ClF3N4.C2HF3O2/c14-11-10-9(13(15,16)17)6-21(12(10)20-7-19-11)5-8-1-3-18-4-2-8;3-2(4,5)1(6)7/h6-8,18H,1-5H2;(H,6,7). The maximum absolute atomic E-state index is 13.2. The van der Waals surface area contributed by atoms with Crippen LogP contribution in [0.3, 0.4) is 0 Å². The average molecular weight is 433 g/mol. The van der Waals surface area contributed by atoms with Gasteiger partial charge in [-0.25, -0.2) is 14.8 Å². The van der Waals surface area contributed by atoms with Crippen molar-refractivity contribution in [3.8, 4) is 0 Å². The molecule has 2 aromatic heterocycles. The molecule has 0 aromatic carbocycles. The van der Waals surface area contributed by atoms with Crippen LogP contribution in [0.4, 0.5) is 26.3 Å². The summed E-state index contributed by atoms with van der Waals surface area (Å²) in [6, 6.07) is 0. The molecule has 1 aliphatic heterocycles. The molecule has 0 bridgehead atoms. The van der Waals surface area contributed by atoms with Gasteiger partial charge in [-0.05, 0) is 31.8 Å². The Bertz CT molecular complexity index is 830. The minimum atomic E-state index is -5.08. The second kappa shape index (κ2) is 8.52. The zero-order valence-corrected chi connectivity index (χ0v) is 14.9. The van der Waals surface area contributed by atoms with Gasteiger partial charge >= 0.3 is 18.3 Å². The minimum Gasteiger partial charge on any atom is -0.475 e. The quantitative estimate of drug-likeness (QED) is 0.558. The second-order valence-corrected chi connectivity index (χ2v) is 6.41. The molecular formula is C15H15ClF6N4O2. The molecule has 1 aliphatic rings. The van der Waals surface area contributed by atoms with Crippen LogP contribution in [0.15, 0.2) is 12.5 Å². The Morgan fingerprint density at radius 3 is 2.29 bits per heavy atom. The molecule has 156 valence electrons. The van der Waals surface area contributed by atoms with Crippen molar-refractivity contribution in [3.63, 3.8) is 0 Å². The molecule has 0 amide bonds. The number of nitrogens with zero attached hydrogens (tertiary/aromatic N) is 3. The molecule has 0 atom stereocenters. The maximum Gasteiger partial charge on any atom is 0.490 e. The van der Waals surface area contributed by atoms with Crippen molar-refractivity contribution in [1.29, 1.82) is 0 Å². The van der Waals surface area contributed by atoms with Crippen molar-refractivity contribution in [2.75, 3.05) is 13.1 Å². The van der Waals surface area contributed by atoms with Crippen molar-refractivity contribution in [2.24, 2.45) is 5.92 Å². The van der Waals surface area contributed by atoms with Crippen LogP contribution in [0.2, 0.25) is 5.15 Å². The number of alkyl halides is 6. The molecule has 0 saturated carbocycles. The number of carboxylic acids is 1. The number of halogens is 7. The summed E-state index contributed by atoms with van der Waals surface area (Å²) >= 11 is 5.85. The first kappa shape index (κ1) is 22.2. The second-order valence-electron chi connectivity index (χ2n) is 6.05. The molecule has 3 rings (SSSR count). The number of rotatable bonds is 2. The molecule has 1 saturated heterocycles. The summed E-state index contributed by atoms with van der Waals surface area (Å²) in [6.45, 7) is 2.30. The fourth-order valence-corrected chi connectivity index (χ4v) is 3.01. The van der Waals surface area contributed by atoms with Crippen LogP contribution in [-0.4, -0.2) is 44.9 Å². The molecule has 0 unspecified atom stereocenters. The Balaban J connectivity index is 0.000000345. The maximum atomic E-state index is 13.2. The Hall–Kier alpha value is -2.08. The number of aliphatic carboxylic acids is 1. The van der Waals surface area contributed by atoms with E-state index in [4.69, 9.17) is 21.5 Å². The van der Waals surface area contributed by atoms with Crippen LogP contribution in [0, 0.1) is 5.92 Å². The van der Waals surface area contributed by atoms with Crippen LogP contribution in [-0.2, 0) is 17.5 Å². The lowest BCUT2D eigenvalue weighted by Gasteiger charge is -2.23. The average Bonchev–Trinajstić information content (AvgIpc) is 2.96. The van der Waals surface area contributed by atoms with Gasteiger partial charge in [-0.3, -0.25) is 0 Å². The lowest BCUT2D eigenvalue weighted by atomic mass is 9.98. The normalized spacial score (nSPS) is 16.0. The Kier molecular flexibility index (Phi) is 6.75. The van der Waals surface area contributed by atoms with Crippen LogP contribution >= 0.6 is 11.6 Å². The lowest BCUT2D eigenvalue weighted by molar-refractivity contribution is -0.192. The number of carboxylic acid groups (broad SMARTS) is 1. The first-order valence-electron chi connectivity index (χ1n) is 7.98. The highest BCUT2D eigenvalue weighted by molar-refractivity contribution is 6.34.